The Morgan fingerprint density at radius 1 is 1.28 bits per heavy atom. The number of hydrogen-bond donors (Lipinski definition) is 1. The first-order chi connectivity index (χ1) is 8.66. The summed E-state index contributed by atoms with van der Waals surface area (Å²) in [7, 11) is -0.751. The lowest BCUT2D eigenvalue weighted by Crippen LogP contribution is -2.15. The van der Waals surface area contributed by atoms with E-state index in [0.717, 1.165) is 29.7 Å². The molecule has 0 aliphatic rings. The van der Waals surface area contributed by atoms with E-state index in [1.807, 2.05) is 31.2 Å². The Balaban J connectivity index is 1.98. The summed E-state index contributed by atoms with van der Waals surface area (Å²) in [6.07, 6.45) is 2.64. The number of benzene rings is 1. The fourth-order valence-electron chi connectivity index (χ4n) is 1.73. The SMILES string of the molecule is CC(CCNc1ccc2ccccc2n1)S(C)=O. The highest BCUT2D eigenvalue weighted by molar-refractivity contribution is 7.84. The van der Waals surface area contributed by atoms with Gasteiger partial charge < -0.3 is 5.32 Å². The molecule has 1 aromatic heterocycles. The zero-order valence-electron chi connectivity index (χ0n) is 10.7. The van der Waals surface area contributed by atoms with Gasteiger partial charge in [-0.15, -0.1) is 0 Å². The van der Waals surface area contributed by atoms with Gasteiger partial charge in [0.1, 0.15) is 5.82 Å². The van der Waals surface area contributed by atoms with Crippen LogP contribution >= 0.6 is 0 Å². The van der Waals surface area contributed by atoms with Crippen LogP contribution in [0.3, 0.4) is 0 Å². The number of nitrogens with zero attached hydrogens (tertiary/aromatic N) is 1. The second-order valence-corrected chi connectivity index (χ2v) is 6.22. The van der Waals surface area contributed by atoms with Gasteiger partial charge in [0.25, 0.3) is 0 Å². The number of pyridine rings is 1. The van der Waals surface area contributed by atoms with Crippen LogP contribution in [0.1, 0.15) is 13.3 Å². The van der Waals surface area contributed by atoms with Gasteiger partial charge in [-0.3, -0.25) is 4.21 Å². The number of hydrogen-bond acceptors (Lipinski definition) is 3. The van der Waals surface area contributed by atoms with Gasteiger partial charge in [0.15, 0.2) is 0 Å². The molecule has 2 atom stereocenters. The first kappa shape index (κ1) is 13.0. The molecule has 0 amide bonds. The Bertz CT molecular complexity index is 556. The molecule has 0 aliphatic heterocycles. The lowest BCUT2D eigenvalue weighted by Gasteiger charge is -2.10. The second-order valence-electron chi connectivity index (χ2n) is 4.41. The highest BCUT2D eigenvalue weighted by Gasteiger charge is 2.05. The van der Waals surface area contributed by atoms with Crippen molar-refractivity contribution in [3.63, 3.8) is 0 Å². The van der Waals surface area contributed by atoms with Crippen molar-refractivity contribution in [2.24, 2.45) is 0 Å². The molecule has 2 rings (SSSR count). The minimum atomic E-state index is -0.751. The van der Waals surface area contributed by atoms with Crippen molar-refractivity contribution < 1.29 is 4.21 Å². The lowest BCUT2D eigenvalue weighted by molar-refractivity contribution is 0.672. The van der Waals surface area contributed by atoms with Gasteiger partial charge >= 0.3 is 0 Å². The molecule has 3 nitrogen and oxygen atoms in total. The maximum absolute atomic E-state index is 11.2. The molecule has 2 unspecified atom stereocenters. The smallest absolute Gasteiger partial charge is 0.126 e. The zero-order valence-corrected chi connectivity index (χ0v) is 11.5. The molecular weight excluding hydrogens is 244 g/mol. The van der Waals surface area contributed by atoms with Gasteiger partial charge in [-0.2, -0.15) is 0 Å². The number of para-hydroxylation sites is 1. The first-order valence-electron chi connectivity index (χ1n) is 6.09. The molecule has 0 radical (unpaired) electrons. The van der Waals surface area contributed by atoms with Crippen LogP contribution in [0.25, 0.3) is 10.9 Å². The predicted octanol–water partition coefficient (Wildman–Crippen LogP) is 2.80. The molecule has 4 heteroatoms. The van der Waals surface area contributed by atoms with Crippen molar-refractivity contribution in [2.45, 2.75) is 18.6 Å². The quantitative estimate of drug-likeness (QED) is 0.901. The second kappa shape index (κ2) is 5.96. The molecule has 0 saturated carbocycles. The van der Waals surface area contributed by atoms with Crippen molar-refractivity contribution in [1.82, 2.24) is 4.98 Å². The Morgan fingerprint density at radius 2 is 2.06 bits per heavy atom. The van der Waals surface area contributed by atoms with Crippen LogP contribution in [0, 0.1) is 0 Å². The summed E-state index contributed by atoms with van der Waals surface area (Å²) in [5, 5.41) is 4.64. The van der Waals surface area contributed by atoms with Crippen LogP contribution in [-0.4, -0.2) is 27.2 Å². The summed E-state index contributed by atoms with van der Waals surface area (Å²) < 4.78 is 11.2. The number of anilines is 1. The van der Waals surface area contributed by atoms with Crippen molar-refractivity contribution in [1.29, 1.82) is 0 Å². The molecule has 0 fully saturated rings. The third-order valence-corrected chi connectivity index (χ3v) is 4.39. The molecule has 96 valence electrons. The molecule has 0 spiro atoms. The third kappa shape index (κ3) is 3.29. The number of nitrogens with one attached hydrogen (secondary N) is 1. The van der Waals surface area contributed by atoms with Crippen LogP contribution in [0.15, 0.2) is 36.4 Å². The predicted molar refractivity (Wildman–Crippen MR) is 78.4 cm³/mol. The van der Waals surface area contributed by atoms with Crippen LogP contribution < -0.4 is 5.32 Å². The van der Waals surface area contributed by atoms with Crippen LogP contribution in [0.4, 0.5) is 5.82 Å². The topological polar surface area (TPSA) is 42.0 Å². The molecule has 0 aliphatic carbocycles. The fourth-order valence-corrected chi connectivity index (χ4v) is 2.18. The van der Waals surface area contributed by atoms with Gasteiger partial charge in [-0.1, -0.05) is 25.1 Å². The van der Waals surface area contributed by atoms with Crippen LogP contribution in [0.5, 0.6) is 0 Å². The van der Waals surface area contributed by atoms with Gasteiger partial charge in [0.05, 0.1) is 5.52 Å². The summed E-state index contributed by atoms with van der Waals surface area (Å²) in [6.45, 7) is 2.80. The molecule has 2 aromatic rings. The monoisotopic (exact) mass is 262 g/mol. The van der Waals surface area contributed by atoms with E-state index >= 15 is 0 Å². The van der Waals surface area contributed by atoms with Crippen LogP contribution in [-0.2, 0) is 10.8 Å². The first-order valence-corrected chi connectivity index (χ1v) is 7.71. The highest BCUT2D eigenvalue weighted by Crippen LogP contribution is 2.14. The summed E-state index contributed by atoms with van der Waals surface area (Å²) in [6, 6.07) is 12.1. The number of rotatable bonds is 5. The molecule has 18 heavy (non-hydrogen) atoms. The van der Waals surface area contributed by atoms with E-state index in [-0.39, 0.29) is 5.25 Å². The summed E-state index contributed by atoms with van der Waals surface area (Å²) in [5.41, 5.74) is 0.995. The normalized spacial score (nSPS) is 14.3. The van der Waals surface area contributed by atoms with Gasteiger partial charge in [-0.05, 0) is 24.6 Å². The van der Waals surface area contributed by atoms with E-state index in [2.05, 4.69) is 22.4 Å². The molecule has 1 heterocycles. The molecule has 1 aromatic carbocycles. The highest BCUT2D eigenvalue weighted by atomic mass is 32.2. The molecule has 1 N–H and O–H groups in total. The minimum Gasteiger partial charge on any atom is -0.370 e. The van der Waals surface area contributed by atoms with E-state index in [0.29, 0.717) is 0 Å². The Morgan fingerprint density at radius 3 is 2.83 bits per heavy atom. The lowest BCUT2D eigenvalue weighted by atomic mass is 10.2. The van der Waals surface area contributed by atoms with E-state index < -0.39 is 10.8 Å². The van der Waals surface area contributed by atoms with E-state index in [1.165, 1.54) is 0 Å². The zero-order chi connectivity index (χ0) is 13.0. The summed E-state index contributed by atoms with van der Waals surface area (Å²) >= 11 is 0. The van der Waals surface area contributed by atoms with Crippen LogP contribution in [0.2, 0.25) is 0 Å². The number of aromatic nitrogens is 1. The van der Waals surface area contributed by atoms with E-state index in [1.54, 1.807) is 6.26 Å². The Hall–Kier alpha value is -1.42. The largest absolute Gasteiger partial charge is 0.370 e. The number of fused-ring (bicyclic) bond motifs is 1. The van der Waals surface area contributed by atoms with Crippen molar-refractivity contribution in [2.75, 3.05) is 18.1 Å². The average molecular weight is 262 g/mol. The molecular formula is C14H18N2OS. The average Bonchev–Trinajstić information content (AvgIpc) is 2.38. The molecule has 0 bridgehead atoms. The Labute approximate surface area is 110 Å². The van der Waals surface area contributed by atoms with E-state index in [4.69, 9.17) is 0 Å². The summed E-state index contributed by atoms with van der Waals surface area (Å²) in [5.74, 6) is 0.878. The minimum absolute atomic E-state index is 0.220. The third-order valence-electron chi connectivity index (χ3n) is 3.02. The van der Waals surface area contributed by atoms with Gasteiger partial charge in [-0.25, -0.2) is 4.98 Å². The van der Waals surface area contributed by atoms with Gasteiger partial charge in [0, 0.05) is 34.2 Å². The maximum Gasteiger partial charge on any atom is 0.126 e. The van der Waals surface area contributed by atoms with Gasteiger partial charge in [0.2, 0.25) is 0 Å². The Kier molecular flexibility index (Phi) is 4.31. The van der Waals surface area contributed by atoms with E-state index in [9.17, 15) is 4.21 Å². The summed E-state index contributed by atoms with van der Waals surface area (Å²) in [4.78, 5) is 4.53. The van der Waals surface area contributed by atoms with Crippen molar-refractivity contribution in [3.8, 4) is 0 Å². The standard InChI is InChI=1S/C14H18N2OS/c1-11(18(2)17)9-10-15-14-8-7-12-5-3-4-6-13(12)16-14/h3-8,11H,9-10H2,1-2H3,(H,15,16). The molecule has 0 saturated heterocycles. The van der Waals surface area contributed by atoms with Crippen molar-refractivity contribution in [3.05, 3.63) is 36.4 Å². The fraction of sp³-hybridized carbons (Fsp3) is 0.357. The van der Waals surface area contributed by atoms with Crippen molar-refractivity contribution >= 4 is 27.5 Å². The maximum atomic E-state index is 11.2.